The average Bonchev–Trinajstić information content (AvgIpc) is 2.78. The monoisotopic (exact) mass is 532 g/mol. The van der Waals surface area contributed by atoms with Crippen LogP contribution in [0.4, 0.5) is 0 Å². The van der Waals surface area contributed by atoms with Crippen LogP contribution in [0.5, 0.6) is 11.5 Å². The number of para-hydroxylation sites is 1. The molecule has 0 spiro atoms. The summed E-state index contributed by atoms with van der Waals surface area (Å²) >= 11 is 0. The standard InChI is InChI=1S/C22H36N4O3.HI/c1-3-23-21(24-16-18-8-7-9-19(28-2)20(18)27)25-17-22(10-5-4-6-11-22)26-12-14-29-15-13-26;/h7-9,27H,3-6,10-17H2,1-2H3,(H2,23,24,25);1H. The number of phenolic OH excluding ortho intramolecular Hbond substituents is 1. The Morgan fingerprint density at radius 3 is 2.60 bits per heavy atom. The number of nitrogens with one attached hydrogen (secondary N) is 2. The molecule has 1 aliphatic carbocycles. The van der Waals surface area contributed by atoms with Gasteiger partial charge in [0.2, 0.25) is 0 Å². The smallest absolute Gasteiger partial charge is 0.191 e. The molecule has 1 saturated heterocycles. The number of halogens is 1. The Morgan fingerprint density at radius 1 is 1.20 bits per heavy atom. The van der Waals surface area contributed by atoms with Crippen molar-refractivity contribution in [1.82, 2.24) is 15.5 Å². The Morgan fingerprint density at radius 2 is 1.93 bits per heavy atom. The summed E-state index contributed by atoms with van der Waals surface area (Å²) in [5, 5.41) is 17.3. The molecule has 7 nitrogen and oxygen atoms in total. The predicted molar refractivity (Wildman–Crippen MR) is 131 cm³/mol. The first-order chi connectivity index (χ1) is 14.2. The first kappa shape index (κ1) is 25.0. The molecule has 1 heterocycles. The highest BCUT2D eigenvalue weighted by Crippen LogP contribution is 2.34. The molecule has 0 atom stereocenters. The van der Waals surface area contributed by atoms with Crippen LogP contribution >= 0.6 is 24.0 Å². The second-order valence-corrected chi connectivity index (χ2v) is 7.90. The summed E-state index contributed by atoms with van der Waals surface area (Å²) < 4.78 is 10.8. The third kappa shape index (κ3) is 6.37. The van der Waals surface area contributed by atoms with E-state index in [9.17, 15) is 5.11 Å². The van der Waals surface area contributed by atoms with E-state index in [1.807, 2.05) is 12.1 Å². The molecule has 8 heteroatoms. The Labute approximate surface area is 197 Å². The fraction of sp³-hybridized carbons (Fsp3) is 0.682. The molecule has 1 aliphatic heterocycles. The van der Waals surface area contributed by atoms with E-state index in [4.69, 9.17) is 14.5 Å². The minimum absolute atomic E-state index is 0. The fourth-order valence-corrected chi connectivity index (χ4v) is 4.47. The first-order valence-corrected chi connectivity index (χ1v) is 10.9. The van der Waals surface area contributed by atoms with Crippen LogP contribution in [0.1, 0.15) is 44.6 Å². The van der Waals surface area contributed by atoms with E-state index in [0.717, 1.165) is 50.9 Å². The molecule has 0 bridgehead atoms. The number of rotatable bonds is 7. The Hall–Kier alpha value is -1.26. The largest absolute Gasteiger partial charge is 0.504 e. The van der Waals surface area contributed by atoms with Gasteiger partial charge in [-0.1, -0.05) is 31.4 Å². The summed E-state index contributed by atoms with van der Waals surface area (Å²) in [6, 6.07) is 5.50. The second-order valence-electron chi connectivity index (χ2n) is 7.90. The summed E-state index contributed by atoms with van der Waals surface area (Å²) in [7, 11) is 1.56. The number of aromatic hydroxyl groups is 1. The molecule has 30 heavy (non-hydrogen) atoms. The van der Waals surface area contributed by atoms with Gasteiger partial charge in [0.1, 0.15) is 0 Å². The third-order valence-corrected chi connectivity index (χ3v) is 6.11. The number of ether oxygens (including phenoxy) is 2. The molecule has 2 aliphatic rings. The zero-order chi connectivity index (χ0) is 20.5. The van der Waals surface area contributed by atoms with Crippen molar-refractivity contribution in [3.05, 3.63) is 23.8 Å². The number of morpholine rings is 1. The van der Waals surface area contributed by atoms with Crippen molar-refractivity contribution in [3.63, 3.8) is 0 Å². The van der Waals surface area contributed by atoms with Crippen LogP contribution < -0.4 is 15.4 Å². The van der Waals surface area contributed by atoms with E-state index in [1.165, 1.54) is 32.1 Å². The van der Waals surface area contributed by atoms with Crippen LogP contribution in [0, 0.1) is 0 Å². The van der Waals surface area contributed by atoms with Gasteiger partial charge in [0.05, 0.1) is 26.9 Å². The molecule has 0 amide bonds. The van der Waals surface area contributed by atoms with Gasteiger partial charge in [0.25, 0.3) is 0 Å². The van der Waals surface area contributed by atoms with Gasteiger partial charge in [0.15, 0.2) is 17.5 Å². The summed E-state index contributed by atoms with van der Waals surface area (Å²) in [5.41, 5.74) is 0.929. The van der Waals surface area contributed by atoms with Crippen molar-refractivity contribution >= 4 is 29.9 Å². The molecule has 3 rings (SSSR count). The van der Waals surface area contributed by atoms with Crippen molar-refractivity contribution in [1.29, 1.82) is 0 Å². The van der Waals surface area contributed by atoms with Crippen molar-refractivity contribution in [3.8, 4) is 11.5 Å². The molecule has 0 aromatic heterocycles. The maximum absolute atomic E-state index is 10.3. The molecule has 1 saturated carbocycles. The van der Waals surface area contributed by atoms with Gasteiger partial charge in [-0.2, -0.15) is 0 Å². The number of nitrogens with zero attached hydrogens (tertiary/aromatic N) is 2. The van der Waals surface area contributed by atoms with Gasteiger partial charge in [-0.05, 0) is 25.8 Å². The van der Waals surface area contributed by atoms with E-state index < -0.39 is 0 Å². The van der Waals surface area contributed by atoms with Crippen LogP contribution in [0.15, 0.2) is 23.2 Å². The van der Waals surface area contributed by atoms with E-state index in [2.05, 4.69) is 22.5 Å². The lowest BCUT2D eigenvalue weighted by atomic mass is 9.80. The minimum Gasteiger partial charge on any atom is -0.504 e. The number of phenols is 1. The van der Waals surface area contributed by atoms with Crippen LogP contribution in [-0.4, -0.2) is 68.0 Å². The van der Waals surface area contributed by atoms with Gasteiger partial charge in [-0.15, -0.1) is 24.0 Å². The van der Waals surface area contributed by atoms with E-state index in [1.54, 1.807) is 13.2 Å². The number of methoxy groups -OCH3 is 1. The Bertz CT molecular complexity index is 674. The fourth-order valence-electron chi connectivity index (χ4n) is 4.47. The van der Waals surface area contributed by atoms with Crippen molar-refractivity contribution in [2.24, 2.45) is 4.99 Å². The third-order valence-electron chi connectivity index (χ3n) is 6.11. The highest BCUT2D eigenvalue weighted by atomic mass is 127. The lowest BCUT2D eigenvalue weighted by molar-refractivity contribution is -0.0352. The highest BCUT2D eigenvalue weighted by Gasteiger charge is 2.38. The topological polar surface area (TPSA) is 78.4 Å². The predicted octanol–water partition coefficient (Wildman–Crippen LogP) is 3.11. The maximum atomic E-state index is 10.3. The van der Waals surface area contributed by atoms with Crippen LogP contribution in [0.25, 0.3) is 0 Å². The molecule has 1 aromatic rings. The molecule has 3 N–H and O–H groups in total. The lowest BCUT2D eigenvalue weighted by Gasteiger charge is -2.48. The normalized spacial score (nSPS) is 19.6. The number of aliphatic imine (C=N–C) groups is 1. The minimum atomic E-state index is 0. The van der Waals surface area contributed by atoms with Gasteiger partial charge >= 0.3 is 0 Å². The summed E-state index contributed by atoms with van der Waals surface area (Å²) in [4.78, 5) is 7.34. The summed E-state index contributed by atoms with van der Waals surface area (Å²) in [5.74, 6) is 1.42. The second kappa shape index (κ2) is 12.6. The molecule has 0 unspecified atom stereocenters. The molecule has 2 fully saturated rings. The van der Waals surface area contributed by atoms with Crippen LogP contribution in [0.3, 0.4) is 0 Å². The van der Waals surface area contributed by atoms with Crippen molar-refractivity contribution in [2.75, 3.05) is 46.5 Å². The number of hydrogen-bond acceptors (Lipinski definition) is 5. The quantitative estimate of drug-likeness (QED) is 0.285. The summed E-state index contributed by atoms with van der Waals surface area (Å²) in [6.45, 7) is 7.79. The first-order valence-electron chi connectivity index (χ1n) is 10.9. The van der Waals surface area contributed by atoms with E-state index >= 15 is 0 Å². The summed E-state index contributed by atoms with van der Waals surface area (Å²) in [6.07, 6.45) is 6.33. The van der Waals surface area contributed by atoms with Gasteiger partial charge in [0, 0.05) is 37.3 Å². The van der Waals surface area contributed by atoms with Crippen LogP contribution in [0.2, 0.25) is 0 Å². The van der Waals surface area contributed by atoms with Crippen molar-refractivity contribution in [2.45, 2.75) is 51.1 Å². The van der Waals surface area contributed by atoms with Gasteiger partial charge < -0.3 is 25.2 Å². The number of guanidine groups is 1. The Kier molecular flexibility index (Phi) is 10.5. The molecule has 0 radical (unpaired) electrons. The van der Waals surface area contributed by atoms with E-state index in [0.29, 0.717) is 12.3 Å². The zero-order valence-electron chi connectivity index (χ0n) is 18.3. The average molecular weight is 532 g/mol. The highest BCUT2D eigenvalue weighted by molar-refractivity contribution is 14.0. The lowest BCUT2D eigenvalue weighted by Crippen LogP contribution is -2.60. The maximum Gasteiger partial charge on any atom is 0.191 e. The zero-order valence-corrected chi connectivity index (χ0v) is 20.6. The Balaban J connectivity index is 0.00000320. The van der Waals surface area contributed by atoms with Crippen LogP contribution in [-0.2, 0) is 11.3 Å². The van der Waals surface area contributed by atoms with E-state index in [-0.39, 0.29) is 35.3 Å². The van der Waals surface area contributed by atoms with Crippen molar-refractivity contribution < 1.29 is 14.6 Å². The molecular weight excluding hydrogens is 495 g/mol. The molecular formula is C22H37IN4O3. The molecule has 170 valence electrons. The number of hydrogen-bond donors (Lipinski definition) is 3. The van der Waals surface area contributed by atoms with Gasteiger partial charge in [-0.25, -0.2) is 4.99 Å². The molecule has 1 aromatic carbocycles. The SMILES string of the molecule is CCNC(=NCc1cccc(OC)c1O)NCC1(N2CCOCC2)CCCCC1.I. The number of benzene rings is 1. The van der Waals surface area contributed by atoms with Gasteiger partial charge in [-0.3, -0.25) is 4.90 Å².